The summed E-state index contributed by atoms with van der Waals surface area (Å²) in [5, 5.41) is 10.1. The Morgan fingerprint density at radius 3 is 1.59 bits per heavy atom. The maximum atomic E-state index is 5.13. The fourth-order valence-corrected chi connectivity index (χ4v) is 11.0. The molecule has 0 radical (unpaired) electrons. The van der Waals surface area contributed by atoms with Crippen molar-refractivity contribution in [2.75, 3.05) is 0 Å². The monoisotopic (exact) mass is 745 g/mol. The van der Waals surface area contributed by atoms with Crippen LogP contribution < -0.4 is 0 Å². The van der Waals surface area contributed by atoms with E-state index in [2.05, 4.69) is 206 Å². The van der Waals surface area contributed by atoms with Crippen LogP contribution in [0.15, 0.2) is 212 Å². The highest BCUT2D eigenvalue weighted by molar-refractivity contribution is 6.21. The van der Waals surface area contributed by atoms with Crippen molar-refractivity contribution < 1.29 is 0 Å². The highest BCUT2D eigenvalue weighted by atomic mass is 14.7. The van der Waals surface area contributed by atoms with Crippen LogP contribution >= 0.6 is 0 Å². The Labute approximate surface area is 342 Å². The molecule has 0 amide bonds. The van der Waals surface area contributed by atoms with E-state index >= 15 is 0 Å². The normalized spacial score (nSPS) is 14.8. The predicted molar refractivity (Wildman–Crippen MR) is 247 cm³/mol. The van der Waals surface area contributed by atoms with Crippen molar-refractivity contribution in [3.05, 3.63) is 235 Å². The lowest BCUT2D eigenvalue weighted by molar-refractivity contribution is 0.771. The largest absolute Gasteiger partial charge is 0.256 e. The van der Waals surface area contributed by atoms with Crippen LogP contribution in [0, 0.1) is 0 Å². The van der Waals surface area contributed by atoms with Crippen LogP contribution in [-0.4, -0.2) is 4.98 Å². The third kappa shape index (κ3) is 4.37. The molecule has 272 valence electrons. The van der Waals surface area contributed by atoms with Gasteiger partial charge in [-0.05, 0) is 122 Å². The molecule has 1 aromatic heterocycles. The molecule has 0 bridgehead atoms. The molecule has 59 heavy (non-hydrogen) atoms. The fourth-order valence-electron chi connectivity index (χ4n) is 11.0. The summed E-state index contributed by atoms with van der Waals surface area (Å²) in [6.07, 6.45) is 1.95. The molecule has 1 spiro atoms. The van der Waals surface area contributed by atoms with E-state index in [-0.39, 0.29) is 0 Å². The zero-order valence-corrected chi connectivity index (χ0v) is 32.2. The van der Waals surface area contributed by atoms with Crippen LogP contribution in [0.1, 0.15) is 22.3 Å². The molecule has 1 heteroatoms. The van der Waals surface area contributed by atoms with Gasteiger partial charge in [-0.2, -0.15) is 0 Å². The molecule has 11 aromatic rings. The average molecular weight is 746 g/mol. The summed E-state index contributed by atoms with van der Waals surface area (Å²) in [5.74, 6) is 0. The Kier molecular flexibility index (Phi) is 6.71. The second-order valence-electron chi connectivity index (χ2n) is 16.1. The number of rotatable bonds is 3. The topological polar surface area (TPSA) is 12.9 Å². The Morgan fingerprint density at radius 2 is 0.831 bits per heavy atom. The van der Waals surface area contributed by atoms with Crippen LogP contribution in [0.4, 0.5) is 0 Å². The number of nitrogens with zero attached hydrogens (tertiary/aromatic N) is 1. The lowest BCUT2D eigenvalue weighted by atomic mass is 9.61. The molecule has 0 saturated heterocycles. The van der Waals surface area contributed by atoms with Crippen molar-refractivity contribution in [3.8, 4) is 55.8 Å². The molecule has 1 nitrogen and oxygen atoms in total. The minimum atomic E-state index is -0.531. The van der Waals surface area contributed by atoms with Crippen LogP contribution in [0.2, 0.25) is 0 Å². The van der Waals surface area contributed by atoms with Crippen molar-refractivity contribution in [1.29, 1.82) is 0 Å². The maximum Gasteiger partial charge on any atom is 0.0753 e. The van der Waals surface area contributed by atoms with E-state index in [1.165, 1.54) is 115 Å². The van der Waals surface area contributed by atoms with Gasteiger partial charge in [0.25, 0.3) is 0 Å². The molecule has 0 aliphatic heterocycles. The predicted octanol–water partition coefficient (Wildman–Crippen LogP) is 15.0. The quantitative estimate of drug-likeness (QED) is 0.164. The molecule has 13 rings (SSSR count). The number of hydrogen-bond donors (Lipinski definition) is 0. The first-order valence-electron chi connectivity index (χ1n) is 20.5. The summed E-state index contributed by atoms with van der Waals surface area (Å²) < 4.78 is 0. The summed E-state index contributed by atoms with van der Waals surface area (Å²) in [4.78, 5) is 5.13. The average Bonchev–Trinajstić information content (AvgIpc) is 3.59. The number of fused-ring (bicyclic) bond motifs is 12. The zero-order chi connectivity index (χ0) is 38.7. The van der Waals surface area contributed by atoms with Gasteiger partial charge in [0.05, 0.1) is 11.1 Å². The summed E-state index contributed by atoms with van der Waals surface area (Å²) in [6, 6.07) is 76.8. The Bertz CT molecular complexity index is 3490. The molecule has 1 atom stereocenters. The molecule has 2 aliphatic rings. The number of aromatic nitrogens is 1. The van der Waals surface area contributed by atoms with E-state index in [1.807, 2.05) is 6.20 Å². The van der Waals surface area contributed by atoms with Gasteiger partial charge < -0.3 is 0 Å². The Morgan fingerprint density at radius 1 is 0.305 bits per heavy atom. The van der Waals surface area contributed by atoms with E-state index < -0.39 is 5.41 Å². The second kappa shape index (κ2) is 12.2. The first kappa shape index (κ1) is 32.5. The lowest BCUT2D eigenvalue weighted by Gasteiger charge is -2.40. The summed E-state index contributed by atoms with van der Waals surface area (Å²) in [7, 11) is 0. The Hall–Kier alpha value is -7.61. The lowest BCUT2D eigenvalue weighted by Crippen LogP contribution is -2.31. The first-order chi connectivity index (χ1) is 29.3. The van der Waals surface area contributed by atoms with Gasteiger partial charge in [-0.25, -0.2) is 0 Å². The Balaban J connectivity index is 1.06. The zero-order valence-electron chi connectivity index (χ0n) is 32.2. The summed E-state index contributed by atoms with van der Waals surface area (Å²) in [5.41, 5.74) is 16.9. The molecule has 0 N–H and O–H groups in total. The van der Waals surface area contributed by atoms with Gasteiger partial charge in [0.2, 0.25) is 0 Å². The van der Waals surface area contributed by atoms with Crippen molar-refractivity contribution in [1.82, 2.24) is 4.98 Å². The molecule has 2 aliphatic carbocycles. The van der Waals surface area contributed by atoms with Crippen molar-refractivity contribution in [3.63, 3.8) is 0 Å². The number of hydrogen-bond acceptors (Lipinski definition) is 1. The summed E-state index contributed by atoms with van der Waals surface area (Å²) >= 11 is 0. The summed E-state index contributed by atoms with van der Waals surface area (Å²) in [6.45, 7) is 0. The van der Waals surface area contributed by atoms with Crippen LogP contribution in [-0.2, 0) is 5.41 Å². The second-order valence-corrected chi connectivity index (χ2v) is 16.1. The van der Waals surface area contributed by atoms with Crippen LogP contribution in [0.3, 0.4) is 0 Å². The molecule has 1 unspecified atom stereocenters. The third-order valence-corrected chi connectivity index (χ3v) is 13.3. The number of benzene rings is 10. The van der Waals surface area contributed by atoms with Gasteiger partial charge in [-0.15, -0.1) is 0 Å². The van der Waals surface area contributed by atoms with Crippen LogP contribution in [0.5, 0.6) is 0 Å². The minimum Gasteiger partial charge on any atom is -0.256 e. The van der Waals surface area contributed by atoms with Crippen molar-refractivity contribution >= 4 is 43.1 Å². The molecule has 0 saturated carbocycles. The molecular weight excluding hydrogens is 711 g/mol. The molecule has 0 fully saturated rings. The van der Waals surface area contributed by atoms with Gasteiger partial charge in [-0.3, -0.25) is 4.98 Å². The molecular formula is C58H35N. The smallest absolute Gasteiger partial charge is 0.0753 e. The van der Waals surface area contributed by atoms with Gasteiger partial charge >= 0.3 is 0 Å². The van der Waals surface area contributed by atoms with E-state index in [1.54, 1.807) is 0 Å². The molecule has 10 aromatic carbocycles. The van der Waals surface area contributed by atoms with E-state index in [9.17, 15) is 0 Å². The van der Waals surface area contributed by atoms with E-state index in [0.29, 0.717) is 0 Å². The third-order valence-electron chi connectivity index (χ3n) is 13.3. The van der Waals surface area contributed by atoms with Gasteiger partial charge in [0.1, 0.15) is 0 Å². The highest BCUT2D eigenvalue weighted by Gasteiger charge is 2.50. The molecule has 1 heterocycles. The maximum absolute atomic E-state index is 5.13. The first-order valence-corrected chi connectivity index (χ1v) is 20.5. The highest BCUT2D eigenvalue weighted by Crippen LogP contribution is 2.62. The minimum absolute atomic E-state index is 0.531. The van der Waals surface area contributed by atoms with Gasteiger partial charge in [0, 0.05) is 11.8 Å². The standard InChI is InChI=1S/C58H35N/c1-2-17-41-36(13-1)14-9-23-42(41)37-28-30-39(31-29-37)54-45-19-3-5-21-47(45)55(48-22-6-4-20-46(48)54)40-32-33-49-53(35-40)58(52-27-12-34-59-57(49)52)50-25-8-7-18-43(50)44-24-10-15-38-16-11-26-51(58)56(38)44/h1-35H. The van der Waals surface area contributed by atoms with Gasteiger partial charge in [0.15, 0.2) is 0 Å². The van der Waals surface area contributed by atoms with E-state index in [0.717, 1.165) is 5.69 Å². The van der Waals surface area contributed by atoms with Crippen LogP contribution in [0.25, 0.3) is 98.9 Å². The van der Waals surface area contributed by atoms with Gasteiger partial charge in [-0.1, -0.05) is 194 Å². The number of pyridine rings is 1. The van der Waals surface area contributed by atoms with Crippen molar-refractivity contribution in [2.24, 2.45) is 0 Å². The van der Waals surface area contributed by atoms with E-state index in [4.69, 9.17) is 4.98 Å². The van der Waals surface area contributed by atoms with Crippen molar-refractivity contribution in [2.45, 2.75) is 5.41 Å². The fraction of sp³-hybridized carbons (Fsp3) is 0.0172. The SMILES string of the molecule is c1ccc2c(c1)-c1cccc3cccc(c13)C21c2cc(-c3c4ccccc4c(-c4ccc(-c5cccc6ccccc56)cc4)c4ccccc34)ccc2-c2ncccc21.